The van der Waals surface area contributed by atoms with Crippen molar-refractivity contribution in [2.24, 2.45) is 5.92 Å². The van der Waals surface area contributed by atoms with E-state index in [0.717, 1.165) is 11.1 Å². The Balaban J connectivity index is 1.77. The van der Waals surface area contributed by atoms with Gasteiger partial charge in [-0.05, 0) is 24.5 Å². The summed E-state index contributed by atoms with van der Waals surface area (Å²) in [6.07, 6.45) is 0.507. The molecule has 0 N–H and O–H groups in total. The van der Waals surface area contributed by atoms with Crippen molar-refractivity contribution in [1.82, 2.24) is 4.90 Å². The molecule has 148 valence electrons. The van der Waals surface area contributed by atoms with Crippen LogP contribution in [-0.4, -0.2) is 43.3 Å². The summed E-state index contributed by atoms with van der Waals surface area (Å²) in [7, 11) is -3.08. The Labute approximate surface area is 166 Å². The molecule has 28 heavy (non-hydrogen) atoms. The second kappa shape index (κ2) is 7.24. The second-order valence-corrected chi connectivity index (χ2v) is 10.3. The van der Waals surface area contributed by atoms with Gasteiger partial charge in [-0.15, -0.1) is 0 Å². The normalized spacial score (nSPS) is 20.3. The highest BCUT2D eigenvalue weighted by atomic mass is 32.2. The van der Waals surface area contributed by atoms with Crippen LogP contribution in [0.2, 0.25) is 0 Å². The number of carbonyl (C=O) groups excluding carboxylic acids is 1. The Morgan fingerprint density at radius 1 is 1.07 bits per heavy atom. The van der Waals surface area contributed by atoms with Crippen LogP contribution in [0, 0.1) is 5.92 Å². The van der Waals surface area contributed by atoms with E-state index in [1.807, 2.05) is 48.5 Å². The van der Waals surface area contributed by atoms with Crippen molar-refractivity contribution in [3.63, 3.8) is 0 Å². The molecule has 1 atom stereocenters. The van der Waals surface area contributed by atoms with Crippen LogP contribution in [0.4, 0.5) is 0 Å². The van der Waals surface area contributed by atoms with E-state index in [-0.39, 0.29) is 29.4 Å². The van der Waals surface area contributed by atoms with Crippen LogP contribution in [0.1, 0.15) is 37.3 Å². The molecule has 0 saturated carbocycles. The van der Waals surface area contributed by atoms with Crippen LogP contribution in [0.15, 0.2) is 48.5 Å². The van der Waals surface area contributed by atoms with Gasteiger partial charge in [0.2, 0.25) is 5.91 Å². The summed E-state index contributed by atoms with van der Waals surface area (Å²) in [6.45, 7) is 4.64. The van der Waals surface area contributed by atoms with Crippen LogP contribution in [0.3, 0.4) is 0 Å². The molecule has 0 spiro atoms. The van der Waals surface area contributed by atoms with Crippen molar-refractivity contribution >= 4 is 15.7 Å². The van der Waals surface area contributed by atoms with Crippen molar-refractivity contribution in [3.8, 4) is 11.5 Å². The van der Waals surface area contributed by atoms with Gasteiger partial charge in [-0.2, -0.15) is 0 Å². The van der Waals surface area contributed by atoms with Crippen molar-refractivity contribution in [3.05, 3.63) is 59.7 Å². The Bertz CT molecular complexity index is 954. The zero-order valence-corrected chi connectivity index (χ0v) is 17.0. The predicted octanol–water partition coefficient (Wildman–Crippen LogP) is 3.60. The molecule has 2 aliphatic rings. The number of fused-ring (bicyclic) bond motifs is 2. The first-order valence-corrected chi connectivity index (χ1v) is 11.5. The molecular formula is C22H25NO4S. The summed E-state index contributed by atoms with van der Waals surface area (Å²) in [6, 6.07) is 14.9. The minimum absolute atomic E-state index is 0.0426. The van der Waals surface area contributed by atoms with Crippen LogP contribution >= 0.6 is 0 Å². The number of carbonyl (C=O) groups is 1. The number of nitrogens with zero attached hydrogens (tertiary/aromatic N) is 1. The van der Waals surface area contributed by atoms with Gasteiger partial charge < -0.3 is 9.64 Å². The largest absolute Gasteiger partial charge is 0.457 e. The average molecular weight is 400 g/mol. The maximum Gasteiger partial charge on any atom is 0.235 e. The molecule has 6 heteroatoms. The number of para-hydroxylation sites is 2. The lowest BCUT2D eigenvalue weighted by atomic mass is 9.86. The molecule has 5 nitrogen and oxygen atoms in total. The van der Waals surface area contributed by atoms with E-state index in [9.17, 15) is 13.2 Å². The monoisotopic (exact) mass is 399 g/mol. The van der Waals surface area contributed by atoms with Crippen LogP contribution in [-0.2, 0) is 14.6 Å². The number of amides is 1. The van der Waals surface area contributed by atoms with Crippen LogP contribution in [0.5, 0.6) is 11.5 Å². The van der Waals surface area contributed by atoms with Gasteiger partial charge in [-0.3, -0.25) is 4.79 Å². The summed E-state index contributed by atoms with van der Waals surface area (Å²) in [5, 5.41) is 0. The molecule has 0 aliphatic carbocycles. The molecule has 1 fully saturated rings. The smallest absolute Gasteiger partial charge is 0.235 e. The molecule has 0 radical (unpaired) electrons. The van der Waals surface area contributed by atoms with Gasteiger partial charge in [0.05, 0.1) is 17.4 Å². The number of hydrogen-bond acceptors (Lipinski definition) is 4. The van der Waals surface area contributed by atoms with Crippen molar-refractivity contribution < 1.29 is 17.9 Å². The standard InChI is InChI=1S/C22H25NO4S/c1-15(2)13-23(16-11-12-28(25,26)14-16)22(24)21-17-7-3-5-9-19(17)27-20-10-6-4-8-18(20)21/h3-10,15-16,21H,11-14H2,1-2H3/t16-/m0/s1. The molecule has 4 rings (SSSR count). The number of benzene rings is 2. The maximum absolute atomic E-state index is 13.8. The van der Waals surface area contributed by atoms with E-state index in [4.69, 9.17) is 4.74 Å². The minimum Gasteiger partial charge on any atom is -0.457 e. The van der Waals surface area contributed by atoms with Crippen molar-refractivity contribution in [2.45, 2.75) is 32.2 Å². The molecule has 0 aromatic heterocycles. The molecule has 2 aliphatic heterocycles. The summed E-state index contributed by atoms with van der Waals surface area (Å²) >= 11 is 0. The predicted molar refractivity (Wildman–Crippen MR) is 108 cm³/mol. The van der Waals surface area contributed by atoms with E-state index in [1.165, 1.54) is 0 Å². The fourth-order valence-electron chi connectivity index (χ4n) is 4.18. The highest BCUT2D eigenvalue weighted by Crippen LogP contribution is 2.45. The first-order valence-electron chi connectivity index (χ1n) is 9.72. The van der Waals surface area contributed by atoms with E-state index < -0.39 is 15.8 Å². The van der Waals surface area contributed by atoms with Crippen LogP contribution < -0.4 is 4.74 Å². The average Bonchev–Trinajstić information content (AvgIpc) is 3.03. The molecule has 0 unspecified atom stereocenters. The van der Waals surface area contributed by atoms with E-state index in [2.05, 4.69) is 13.8 Å². The fourth-order valence-corrected chi connectivity index (χ4v) is 5.91. The molecule has 1 amide bonds. The zero-order valence-electron chi connectivity index (χ0n) is 16.2. The van der Waals surface area contributed by atoms with Crippen molar-refractivity contribution in [2.75, 3.05) is 18.1 Å². The minimum atomic E-state index is -3.08. The van der Waals surface area contributed by atoms with Gasteiger partial charge in [0.15, 0.2) is 9.84 Å². The van der Waals surface area contributed by atoms with Crippen molar-refractivity contribution in [1.29, 1.82) is 0 Å². The lowest BCUT2D eigenvalue weighted by molar-refractivity contribution is -0.134. The number of ether oxygens (including phenoxy) is 1. The number of rotatable bonds is 4. The highest BCUT2D eigenvalue weighted by molar-refractivity contribution is 7.91. The van der Waals surface area contributed by atoms with Gasteiger partial charge in [0.1, 0.15) is 11.5 Å². The molecule has 2 aromatic carbocycles. The Morgan fingerprint density at radius 2 is 1.64 bits per heavy atom. The molecule has 2 heterocycles. The summed E-state index contributed by atoms with van der Waals surface area (Å²) in [5.74, 6) is 1.30. The Hall–Kier alpha value is -2.34. The van der Waals surface area contributed by atoms with Gasteiger partial charge in [-0.1, -0.05) is 50.2 Å². The first kappa shape index (κ1) is 19.0. The first-order chi connectivity index (χ1) is 13.4. The number of hydrogen-bond donors (Lipinski definition) is 0. The van der Waals surface area contributed by atoms with Gasteiger partial charge in [0, 0.05) is 23.7 Å². The SMILES string of the molecule is CC(C)CN(C(=O)C1c2ccccc2Oc2ccccc21)[C@H]1CCS(=O)(=O)C1. The van der Waals surface area contributed by atoms with E-state index in [1.54, 1.807) is 4.90 Å². The number of sulfone groups is 1. The summed E-state index contributed by atoms with van der Waals surface area (Å²) in [4.78, 5) is 15.6. The topological polar surface area (TPSA) is 63.7 Å². The Morgan fingerprint density at radius 3 is 2.14 bits per heavy atom. The van der Waals surface area contributed by atoms with Gasteiger partial charge in [0.25, 0.3) is 0 Å². The molecule has 1 saturated heterocycles. The third kappa shape index (κ3) is 3.53. The third-order valence-electron chi connectivity index (χ3n) is 5.42. The molecule has 0 bridgehead atoms. The maximum atomic E-state index is 13.8. The summed E-state index contributed by atoms with van der Waals surface area (Å²) < 4.78 is 30.1. The summed E-state index contributed by atoms with van der Waals surface area (Å²) in [5.41, 5.74) is 1.67. The second-order valence-electron chi connectivity index (χ2n) is 8.05. The quantitative estimate of drug-likeness (QED) is 0.788. The molecular weight excluding hydrogens is 374 g/mol. The molecule has 2 aromatic rings. The Kier molecular flexibility index (Phi) is 4.91. The zero-order chi connectivity index (χ0) is 19.9. The lowest BCUT2D eigenvalue weighted by Gasteiger charge is -2.35. The van der Waals surface area contributed by atoms with E-state index >= 15 is 0 Å². The van der Waals surface area contributed by atoms with Gasteiger partial charge >= 0.3 is 0 Å². The lowest BCUT2D eigenvalue weighted by Crippen LogP contribution is -2.46. The fraction of sp³-hybridized carbons (Fsp3) is 0.409. The highest BCUT2D eigenvalue weighted by Gasteiger charge is 2.40. The van der Waals surface area contributed by atoms with Gasteiger partial charge in [-0.25, -0.2) is 8.42 Å². The van der Waals surface area contributed by atoms with Crippen LogP contribution in [0.25, 0.3) is 0 Å². The third-order valence-corrected chi connectivity index (χ3v) is 7.17. The van der Waals surface area contributed by atoms with E-state index in [0.29, 0.717) is 24.5 Å².